The summed E-state index contributed by atoms with van der Waals surface area (Å²) in [6.45, 7) is 7.49. The topological polar surface area (TPSA) is 56.6 Å². The highest BCUT2D eigenvalue weighted by molar-refractivity contribution is 6.07. The van der Waals surface area contributed by atoms with Gasteiger partial charge in [-0.25, -0.2) is 9.97 Å². The maximum absolute atomic E-state index is 5.49. The average Bonchev–Trinajstić information content (AvgIpc) is 2.70. The molecule has 144 valence electrons. The van der Waals surface area contributed by atoms with Crippen LogP contribution in [0.4, 0.5) is 0 Å². The molecular formula is C23H25N3O2. The Morgan fingerprint density at radius 3 is 2.39 bits per heavy atom. The second kappa shape index (κ2) is 6.89. The predicted molar refractivity (Wildman–Crippen MR) is 113 cm³/mol. The molecule has 0 aliphatic carbocycles. The maximum atomic E-state index is 5.49. The Bertz CT molecular complexity index is 1080. The first kappa shape index (κ1) is 18.4. The van der Waals surface area contributed by atoms with E-state index in [-0.39, 0.29) is 5.41 Å². The minimum atomic E-state index is -0.00187. The number of benzene rings is 2. The van der Waals surface area contributed by atoms with Gasteiger partial charge in [-0.15, -0.1) is 0 Å². The van der Waals surface area contributed by atoms with Crippen LogP contribution in [-0.4, -0.2) is 36.4 Å². The molecule has 2 heterocycles. The van der Waals surface area contributed by atoms with Crippen LogP contribution in [0.15, 0.2) is 41.7 Å². The summed E-state index contributed by atoms with van der Waals surface area (Å²) in [4.78, 5) is 13.9. The molecule has 1 aliphatic heterocycles. The minimum Gasteiger partial charge on any atom is -0.493 e. The van der Waals surface area contributed by atoms with Crippen molar-refractivity contribution in [3.05, 3.63) is 47.8 Å². The summed E-state index contributed by atoms with van der Waals surface area (Å²) in [7, 11) is 3.26. The van der Waals surface area contributed by atoms with Crippen LogP contribution in [0.3, 0.4) is 0 Å². The fraction of sp³-hybridized carbons (Fsp3) is 0.348. The lowest BCUT2D eigenvalue weighted by atomic mass is 9.81. The van der Waals surface area contributed by atoms with E-state index in [0.29, 0.717) is 11.5 Å². The Morgan fingerprint density at radius 2 is 1.68 bits per heavy atom. The van der Waals surface area contributed by atoms with Crippen molar-refractivity contribution < 1.29 is 9.47 Å². The van der Waals surface area contributed by atoms with Gasteiger partial charge in [0, 0.05) is 34.7 Å². The summed E-state index contributed by atoms with van der Waals surface area (Å²) in [5.74, 6) is 1.33. The summed E-state index contributed by atoms with van der Waals surface area (Å²) in [5.41, 5.74) is 6.49. The molecule has 0 saturated carbocycles. The van der Waals surface area contributed by atoms with E-state index in [1.807, 2.05) is 12.1 Å². The molecule has 0 atom stereocenters. The van der Waals surface area contributed by atoms with Crippen LogP contribution in [0.1, 0.15) is 31.9 Å². The standard InChI is InChI=1S/C23H25N3O2/c1-23(2,3)22-16-10-15(7-6-14(16)8-9-24-22)21-17-11-19(27-4)20(28-5)12-18(17)25-13-26-21/h6-7,10-13H,8-9H2,1-5H3. The van der Waals surface area contributed by atoms with Gasteiger partial charge in [-0.3, -0.25) is 4.99 Å². The van der Waals surface area contributed by atoms with Gasteiger partial charge in [0.15, 0.2) is 11.5 Å². The van der Waals surface area contributed by atoms with Crippen LogP contribution in [-0.2, 0) is 6.42 Å². The first-order chi connectivity index (χ1) is 13.4. The summed E-state index contributed by atoms with van der Waals surface area (Å²) in [6.07, 6.45) is 2.58. The van der Waals surface area contributed by atoms with Crippen molar-refractivity contribution in [2.45, 2.75) is 27.2 Å². The van der Waals surface area contributed by atoms with E-state index in [9.17, 15) is 0 Å². The monoisotopic (exact) mass is 375 g/mol. The van der Waals surface area contributed by atoms with E-state index >= 15 is 0 Å². The van der Waals surface area contributed by atoms with E-state index in [1.165, 1.54) is 11.1 Å². The molecule has 2 aromatic carbocycles. The molecule has 0 bridgehead atoms. The Morgan fingerprint density at radius 1 is 0.929 bits per heavy atom. The molecule has 28 heavy (non-hydrogen) atoms. The lowest BCUT2D eigenvalue weighted by Crippen LogP contribution is -2.26. The van der Waals surface area contributed by atoms with Gasteiger partial charge in [-0.05, 0) is 29.7 Å². The lowest BCUT2D eigenvalue weighted by molar-refractivity contribution is 0.356. The number of methoxy groups -OCH3 is 2. The number of hydrogen-bond acceptors (Lipinski definition) is 5. The minimum absolute atomic E-state index is 0.00187. The van der Waals surface area contributed by atoms with Gasteiger partial charge in [0.2, 0.25) is 0 Å². The van der Waals surface area contributed by atoms with Crippen LogP contribution in [0.2, 0.25) is 0 Å². The van der Waals surface area contributed by atoms with Crippen molar-refractivity contribution in [3.8, 4) is 22.8 Å². The molecule has 0 unspecified atom stereocenters. The fourth-order valence-electron chi connectivity index (χ4n) is 3.79. The molecule has 0 amide bonds. The Kier molecular flexibility index (Phi) is 4.53. The van der Waals surface area contributed by atoms with Crippen molar-refractivity contribution in [3.63, 3.8) is 0 Å². The molecule has 0 N–H and O–H groups in total. The molecule has 1 aliphatic rings. The number of rotatable bonds is 3. The SMILES string of the molecule is COc1cc2ncnc(-c3ccc4c(c3)C(C(C)(C)C)=NCC4)c2cc1OC. The molecule has 0 radical (unpaired) electrons. The van der Waals surface area contributed by atoms with Crippen molar-refractivity contribution in [1.29, 1.82) is 0 Å². The van der Waals surface area contributed by atoms with Crippen LogP contribution in [0.5, 0.6) is 11.5 Å². The van der Waals surface area contributed by atoms with E-state index in [0.717, 1.165) is 40.8 Å². The smallest absolute Gasteiger partial charge is 0.162 e. The molecule has 3 aromatic rings. The fourth-order valence-corrected chi connectivity index (χ4v) is 3.79. The zero-order chi connectivity index (χ0) is 19.9. The largest absolute Gasteiger partial charge is 0.493 e. The van der Waals surface area contributed by atoms with Crippen molar-refractivity contribution >= 4 is 16.6 Å². The van der Waals surface area contributed by atoms with Crippen LogP contribution >= 0.6 is 0 Å². The molecule has 0 saturated heterocycles. The molecule has 4 rings (SSSR count). The van der Waals surface area contributed by atoms with E-state index in [1.54, 1.807) is 20.5 Å². The summed E-state index contributed by atoms with van der Waals surface area (Å²) >= 11 is 0. The van der Waals surface area contributed by atoms with E-state index in [2.05, 4.69) is 48.9 Å². The highest BCUT2D eigenvalue weighted by Gasteiger charge is 2.26. The van der Waals surface area contributed by atoms with E-state index < -0.39 is 0 Å². The molecule has 0 spiro atoms. The van der Waals surface area contributed by atoms with Gasteiger partial charge in [0.25, 0.3) is 0 Å². The third-order valence-electron chi connectivity index (χ3n) is 5.14. The Balaban J connectivity index is 1.91. The molecule has 0 fully saturated rings. The second-order valence-electron chi connectivity index (χ2n) is 8.05. The first-order valence-corrected chi connectivity index (χ1v) is 9.47. The molecule has 5 nitrogen and oxygen atoms in total. The van der Waals surface area contributed by atoms with Crippen molar-refractivity contribution in [2.24, 2.45) is 10.4 Å². The average molecular weight is 375 g/mol. The highest BCUT2D eigenvalue weighted by atomic mass is 16.5. The number of aromatic nitrogens is 2. The summed E-state index contributed by atoms with van der Waals surface area (Å²) in [5, 5.41) is 0.935. The third kappa shape index (κ3) is 3.11. The molecular weight excluding hydrogens is 350 g/mol. The van der Waals surface area contributed by atoms with Crippen molar-refractivity contribution in [2.75, 3.05) is 20.8 Å². The number of hydrogen-bond donors (Lipinski definition) is 0. The number of ether oxygens (including phenoxy) is 2. The zero-order valence-electron chi connectivity index (χ0n) is 17.0. The zero-order valence-corrected chi connectivity index (χ0v) is 17.0. The van der Waals surface area contributed by atoms with Gasteiger partial charge < -0.3 is 9.47 Å². The first-order valence-electron chi connectivity index (χ1n) is 9.47. The van der Waals surface area contributed by atoms with Gasteiger partial charge in [0.05, 0.1) is 25.4 Å². The quantitative estimate of drug-likeness (QED) is 0.665. The van der Waals surface area contributed by atoms with Gasteiger partial charge in [0.1, 0.15) is 6.33 Å². The van der Waals surface area contributed by atoms with Crippen LogP contribution in [0, 0.1) is 5.41 Å². The Labute approximate surface area is 165 Å². The Hall–Kier alpha value is -2.95. The molecule has 5 heteroatoms. The summed E-state index contributed by atoms with van der Waals surface area (Å²) in [6, 6.07) is 10.4. The van der Waals surface area contributed by atoms with Crippen molar-refractivity contribution in [1.82, 2.24) is 9.97 Å². The highest BCUT2D eigenvalue weighted by Crippen LogP contribution is 2.36. The summed E-state index contributed by atoms with van der Waals surface area (Å²) < 4.78 is 10.9. The lowest BCUT2D eigenvalue weighted by Gasteiger charge is -2.27. The number of aliphatic imine (C=N–C) groups is 1. The van der Waals surface area contributed by atoms with Crippen LogP contribution < -0.4 is 9.47 Å². The molecule has 1 aromatic heterocycles. The third-order valence-corrected chi connectivity index (χ3v) is 5.14. The second-order valence-corrected chi connectivity index (χ2v) is 8.05. The predicted octanol–water partition coefficient (Wildman–Crippen LogP) is 4.71. The van der Waals surface area contributed by atoms with Gasteiger partial charge in [-0.1, -0.05) is 32.9 Å². The van der Waals surface area contributed by atoms with Crippen LogP contribution in [0.25, 0.3) is 22.2 Å². The maximum Gasteiger partial charge on any atom is 0.162 e. The number of nitrogens with zero attached hydrogens (tertiary/aromatic N) is 3. The van der Waals surface area contributed by atoms with Gasteiger partial charge in [-0.2, -0.15) is 0 Å². The number of fused-ring (bicyclic) bond motifs is 2. The van der Waals surface area contributed by atoms with Gasteiger partial charge >= 0.3 is 0 Å². The van der Waals surface area contributed by atoms with E-state index in [4.69, 9.17) is 14.5 Å². The normalized spacial score (nSPS) is 13.8.